The van der Waals surface area contributed by atoms with E-state index in [1.54, 1.807) is 36.4 Å². The Bertz CT molecular complexity index is 930. The topological polar surface area (TPSA) is 109 Å². The van der Waals surface area contributed by atoms with Gasteiger partial charge in [0.1, 0.15) is 0 Å². The molecule has 0 atom stereocenters. The zero-order chi connectivity index (χ0) is 22.8. The van der Waals surface area contributed by atoms with E-state index in [4.69, 9.17) is 9.47 Å². The van der Waals surface area contributed by atoms with Crippen molar-refractivity contribution in [1.82, 2.24) is 16.2 Å². The first-order valence-corrected chi connectivity index (χ1v) is 9.90. The second-order valence-electron chi connectivity index (χ2n) is 6.66. The minimum absolute atomic E-state index is 0.311. The molecule has 0 aliphatic rings. The van der Waals surface area contributed by atoms with Gasteiger partial charge in [-0.15, -0.1) is 0 Å². The Morgan fingerprint density at radius 3 is 2.19 bits per heavy atom. The van der Waals surface area contributed by atoms with Crippen molar-refractivity contribution in [2.45, 2.75) is 13.8 Å². The number of hydrogen-bond acceptors (Lipinski definition) is 6. The van der Waals surface area contributed by atoms with E-state index in [2.05, 4.69) is 16.2 Å². The minimum Gasteiger partial charge on any atom is -0.490 e. The van der Waals surface area contributed by atoms with Gasteiger partial charge in [0.2, 0.25) is 0 Å². The van der Waals surface area contributed by atoms with Gasteiger partial charge < -0.3 is 19.7 Å². The molecule has 166 valence electrons. The molecule has 0 spiro atoms. The summed E-state index contributed by atoms with van der Waals surface area (Å²) in [6.07, 6.45) is 0. The standard InChI is InChI=1S/C22H28N4O5/c1-5-30-18-11-10-16(13-19(18)31-6-2)21(28)23-14-20(27)24-25-22(29)15-8-7-9-17(12-15)26(3)4/h7-13H,5-6,14H2,1-4H3,(H,23,28)(H,24,27)(H,25,29). The predicted octanol–water partition coefficient (Wildman–Crippen LogP) is 1.74. The Kier molecular flexibility index (Phi) is 8.68. The highest BCUT2D eigenvalue weighted by Gasteiger charge is 2.13. The van der Waals surface area contributed by atoms with Crippen molar-refractivity contribution in [2.75, 3.05) is 38.8 Å². The molecular weight excluding hydrogens is 400 g/mol. The Hall–Kier alpha value is -3.75. The number of carbonyl (C=O) groups is 3. The highest BCUT2D eigenvalue weighted by Crippen LogP contribution is 2.28. The van der Waals surface area contributed by atoms with E-state index in [9.17, 15) is 14.4 Å². The predicted molar refractivity (Wildman–Crippen MR) is 117 cm³/mol. The monoisotopic (exact) mass is 428 g/mol. The average Bonchev–Trinajstić information content (AvgIpc) is 2.77. The van der Waals surface area contributed by atoms with Gasteiger partial charge in [-0.2, -0.15) is 0 Å². The third kappa shape index (κ3) is 6.91. The van der Waals surface area contributed by atoms with E-state index in [1.165, 1.54) is 0 Å². The molecule has 0 radical (unpaired) electrons. The van der Waals surface area contributed by atoms with E-state index in [0.717, 1.165) is 5.69 Å². The molecule has 0 aliphatic heterocycles. The van der Waals surface area contributed by atoms with Crippen molar-refractivity contribution in [2.24, 2.45) is 0 Å². The fourth-order valence-electron chi connectivity index (χ4n) is 2.62. The number of ether oxygens (including phenoxy) is 2. The lowest BCUT2D eigenvalue weighted by Gasteiger charge is -2.14. The first-order valence-electron chi connectivity index (χ1n) is 9.90. The number of amides is 3. The summed E-state index contributed by atoms with van der Waals surface area (Å²) in [5.74, 6) is -0.491. The van der Waals surface area contributed by atoms with Crippen molar-refractivity contribution in [3.8, 4) is 11.5 Å². The molecule has 0 bridgehead atoms. The summed E-state index contributed by atoms with van der Waals surface area (Å²) in [6.45, 7) is 4.26. The van der Waals surface area contributed by atoms with Gasteiger partial charge in [0.25, 0.3) is 17.7 Å². The average molecular weight is 428 g/mol. The lowest BCUT2D eigenvalue weighted by atomic mass is 10.2. The SMILES string of the molecule is CCOc1ccc(C(=O)NCC(=O)NNC(=O)c2cccc(N(C)C)c2)cc1OCC. The molecule has 2 rings (SSSR count). The van der Waals surface area contributed by atoms with Crippen LogP contribution in [0.3, 0.4) is 0 Å². The number of carbonyl (C=O) groups excluding carboxylic acids is 3. The van der Waals surface area contributed by atoms with Crippen molar-refractivity contribution in [3.63, 3.8) is 0 Å². The van der Waals surface area contributed by atoms with Crippen molar-refractivity contribution < 1.29 is 23.9 Å². The van der Waals surface area contributed by atoms with E-state index in [-0.39, 0.29) is 6.54 Å². The maximum absolute atomic E-state index is 12.4. The second-order valence-corrected chi connectivity index (χ2v) is 6.66. The lowest BCUT2D eigenvalue weighted by Crippen LogP contribution is -2.46. The summed E-state index contributed by atoms with van der Waals surface area (Å²) in [6, 6.07) is 11.7. The maximum atomic E-state index is 12.4. The molecule has 9 nitrogen and oxygen atoms in total. The van der Waals surface area contributed by atoms with Crippen LogP contribution in [0.5, 0.6) is 11.5 Å². The van der Waals surface area contributed by atoms with E-state index in [0.29, 0.717) is 35.8 Å². The van der Waals surface area contributed by atoms with Crippen molar-refractivity contribution in [3.05, 3.63) is 53.6 Å². The smallest absolute Gasteiger partial charge is 0.269 e. The normalized spacial score (nSPS) is 10.1. The third-order valence-corrected chi connectivity index (χ3v) is 4.16. The molecule has 31 heavy (non-hydrogen) atoms. The summed E-state index contributed by atoms with van der Waals surface area (Å²) >= 11 is 0. The summed E-state index contributed by atoms with van der Waals surface area (Å²) in [5.41, 5.74) is 6.19. The van der Waals surface area contributed by atoms with E-state index < -0.39 is 17.7 Å². The van der Waals surface area contributed by atoms with Crippen LogP contribution in [0.4, 0.5) is 5.69 Å². The van der Waals surface area contributed by atoms with Crippen LogP contribution in [0.25, 0.3) is 0 Å². The molecule has 2 aromatic rings. The van der Waals surface area contributed by atoms with Crippen LogP contribution in [-0.4, -0.2) is 51.6 Å². The molecule has 2 aromatic carbocycles. The number of hydrazine groups is 1. The quantitative estimate of drug-likeness (QED) is 0.525. The third-order valence-electron chi connectivity index (χ3n) is 4.16. The summed E-state index contributed by atoms with van der Waals surface area (Å²) in [5, 5.41) is 2.50. The van der Waals surface area contributed by atoms with Crippen LogP contribution in [0.2, 0.25) is 0 Å². The van der Waals surface area contributed by atoms with Gasteiger partial charge in [0.15, 0.2) is 11.5 Å². The van der Waals surface area contributed by atoms with Crippen LogP contribution in [0.1, 0.15) is 34.6 Å². The molecule has 0 saturated heterocycles. The molecule has 0 saturated carbocycles. The van der Waals surface area contributed by atoms with Gasteiger partial charge in [0, 0.05) is 30.9 Å². The first kappa shape index (κ1) is 23.5. The van der Waals surface area contributed by atoms with E-state index >= 15 is 0 Å². The van der Waals surface area contributed by atoms with Crippen LogP contribution in [0.15, 0.2) is 42.5 Å². The van der Waals surface area contributed by atoms with Crippen LogP contribution in [0, 0.1) is 0 Å². The van der Waals surface area contributed by atoms with E-state index in [1.807, 2.05) is 38.9 Å². The Morgan fingerprint density at radius 1 is 0.839 bits per heavy atom. The molecule has 0 fully saturated rings. The molecule has 3 N–H and O–H groups in total. The Labute approximate surface area is 181 Å². The van der Waals surface area contributed by atoms with Gasteiger partial charge in [0.05, 0.1) is 19.8 Å². The zero-order valence-corrected chi connectivity index (χ0v) is 18.2. The summed E-state index contributed by atoms with van der Waals surface area (Å²) in [4.78, 5) is 38.4. The summed E-state index contributed by atoms with van der Waals surface area (Å²) in [7, 11) is 3.73. The molecule has 0 aliphatic carbocycles. The first-order chi connectivity index (χ1) is 14.8. The largest absolute Gasteiger partial charge is 0.490 e. The highest BCUT2D eigenvalue weighted by molar-refractivity contribution is 5.98. The number of nitrogens with zero attached hydrogens (tertiary/aromatic N) is 1. The van der Waals surface area contributed by atoms with Crippen molar-refractivity contribution in [1.29, 1.82) is 0 Å². The molecule has 3 amide bonds. The Morgan fingerprint density at radius 2 is 1.52 bits per heavy atom. The fourth-order valence-corrected chi connectivity index (χ4v) is 2.62. The number of nitrogens with one attached hydrogen (secondary N) is 3. The summed E-state index contributed by atoms with van der Waals surface area (Å²) < 4.78 is 11.0. The fraction of sp³-hybridized carbons (Fsp3) is 0.318. The van der Waals surface area contributed by atoms with Crippen LogP contribution >= 0.6 is 0 Å². The second kappa shape index (κ2) is 11.4. The molecular formula is C22H28N4O5. The van der Waals surface area contributed by atoms with Crippen LogP contribution in [-0.2, 0) is 4.79 Å². The minimum atomic E-state index is -0.568. The highest BCUT2D eigenvalue weighted by atomic mass is 16.5. The molecule has 0 aromatic heterocycles. The lowest BCUT2D eigenvalue weighted by molar-refractivity contribution is -0.120. The van der Waals surface area contributed by atoms with Gasteiger partial charge in [-0.1, -0.05) is 6.07 Å². The molecule has 9 heteroatoms. The number of benzene rings is 2. The Balaban J connectivity index is 1.88. The van der Waals surface area contributed by atoms with Gasteiger partial charge in [-0.05, 0) is 50.2 Å². The molecule has 0 unspecified atom stereocenters. The maximum Gasteiger partial charge on any atom is 0.269 e. The number of rotatable bonds is 9. The number of anilines is 1. The van der Waals surface area contributed by atoms with Gasteiger partial charge >= 0.3 is 0 Å². The van der Waals surface area contributed by atoms with Crippen molar-refractivity contribution >= 4 is 23.4 Å². The molecule has 0 heterocycles. The zero-order valence-electron chi connectivity index (χ0n) is 18.2. The van der Waals surface area contributed by atoms with Gasteiger partial charge in [-0.3, -0.25) is 25.2 Å². The van der Waals surface area contributed by atoms with Gasteiger partial charge in [-0.25, -0.2) is 0 Å². The number of hydrogen-bond donors (Lipinski definition) is 3. The van der Waals surface area contributed by atoms with Crippen LogP contribution < -0.4 is 30.5 Å².